The highest BCUT2D eigenvalue weighted by Gasteiger charge is 2.35. The quantitative estimate of drug-likeness (QED) is 0.651. The molecule has 2 unspecified atom stereocenters. The lowest BCUT2D eigenvalue weighted by Gasteiger charge is -2.31. The van der Waals surface area contributed by atoms with Gasteiger partial charge < -0.3 is 14.2 Å². The number of fused-ring (bicyclic) bond motifs is 1. The Hall–Kier alpha value is -2.49. The third-order valence-corrected chi connectivity index (χ3v) is 4.82. The molecule has 0 radical (unpaired) electrons. The van der Waals surface area contributed by atoms with Gasteiger partial charge in [0.15, 0.2) is 5.78 Å². The Morgan fingerprint density at radius 2 is 1.74 bits per heavy atom. The van der Waals surface area contributed by atoms with E-state index in [0.717, 1.165) is 17.7 Å². The van der Waals surface area contributed by atoms with E-state index in [0.29, 0.717) is 36.2 Å². The van der Waals surface area contributed by atoms with Gasteiger partial charge >= 0.3 is 0 Å². The highest BCUT2D eigenvalue weighted by atomic mass is 16.5. The fourth-order valence-corrected chi connectivity index (χ4v) is 3.21. The second kappa shape index (κ2) is 8.47. The highest BCUT2D eigenvalue weighted by molar-refractivity contribution is 6.01. The topological polar surface area (TPSA) is 44.8 Å². The van der Waals surface area contributed by atoms with Crippen molar-refractivity contribution in [1.29, 1.82) is 0 Å². The van der Waals surface area contributed by atoms with Crippen molar-refractivity contribution in [2.24, 2.45) is 11.8 Å². The van der Waals surface area contributed by atoms with Crippen LogP contribution in [0.2, 0.25) is 0 Å². The first kappa shape index (κ1) is 19.3. The molecule has 4 heteroatoms. The summed E-state index contributed by atoms with van der Waals surface area (Å²) >= 11 is 0. The Morgan fingerprint density at radius 1 is 1.04 bits per heavy atom. The standard InChI is InChI=1S/C23H28O4/c1-5-25-19-10-11-21-20(14-19)22(24)16(4)23(27-21)17-6-8-18(9-7-17)26-13-12-15(2)3/h6-11,14-16,23H,5,12-13H2,1-4H3. The van der Waals surface area contributed by atoms with Crippen LogP contribution < -0.4 is 14.2 Å². The van der Waals surface area contributed by atoms with Crippen LogP contribution in [0, 0.1) is 11.8 Å². The molecule has 0 spiro atoms. The SMILES string of the molecule is CCOc1ccc2c(c1)C(=O)C(C)C(c1ccc(OCCC(C)C)cc1)O2. The minimum absolute atomic E-state index is 0.0834. The number of ketones is 1. The van der Waals surface area contributed by atoms with Crippen molar-refractivity contribution in [3.8, 4) is 17.2 Å². The maximum Gasteiger partial charge on any atom is 0.173 e. The van der Waals surface area contributed by atoms with Gasteiger partial charge in [0.2, 0.25) is 0 Å². The molecule has 2 aromatic rings. The second-order valence-corrected chi connectivity index (χ2v) is 7.38. The monoisotopic (exact) mass is 368 g/mol. The Kier molecular flexibility index (Phi) is 6.04. The van der Waals surface area contributed by atoms with Gasteiger partial charge in [-0.05, 0) is 55.2 Å². The van der Waals surface area contributed by atoms with E-state index in [4.69, 9.17) is 14.2 Å². The molecule has 0 saturated heterocycles. The van der Waals surface area contributed by atoms with E-state index in [9.17, 15) is 4.79 Å². The molecule has 0 fully saturated rings. The van der Waals surface area contributed by atoms with E-state index in [1.54, 1.807) is 6.07 Å². The largest absolute Gasteiger partial charge is 0.494 e. The molecule has 0 aliphatic carbocycles. The van der Waals surface area contributed by atoms with Gasteiger partial charge in [0.1, 0.15) is 23.4 Å². The van der Waals surface area contributed by atoms with Crippen LogP contribution in [0.1, 0.15) is 56.1 Å². The molecule has 1 heterocycles. The predicted octanol–water partition coefficient (Wildman–Crippen LogP) is 5.46. The van der Waals surface area contributed by atoms with E-state index in [1.807, 2.05) is 50.2 Å². The molecule has 0 amide bonds. The van der Waals surface area contributed by atoms with Gasteiger partial charge in [-0.1, -0.05) is 32.9 Å². The van der Waals surface area contributed by atoms with E-state index in [-0.39, 0.29) is 17.8 Å². The van der Waals surface area contributed by atoms with Gasteiger partial charge in [0, 0.05) is 0 Å². The third kappa shape index (κ3) is 4.44. The Labute approximate surface area is 161 Å². The van der Waals surface area contributed by atoms with Crippen LogP contribution in [0.25, 0.3) is 0 Å². The molecule has 0 bridgehead atoms. The number of Topliss-reactive ketones (excluding diaryl/α,β-unsaturated/α-hetero) is 1. The maximum atomic E-state index is 12.9. The summed E-state index contributed by atoms with van der Waals surface area (Å²) in [5.74, 6) is 2.60. The molecule has 0 aromatic heterocycles. The van der Waals surface area contributed by atoms with Crippen molar-refractivity contribution in [1.82, 2.24) is 0 Å². The molecule has 0 saturated carbocycles. The van der Waals surface area contributed by atoms with Crippen LogP contribution in [0.4, 0.5) is 0 Å². The second-order valence-electron chi connectivity index (χ2n) is 7.38. The summed E-state index contributed by atoms with van der Waals surface area (Å²) in [6, 6.07) is 13.3. The van der Waals surface area contributed by atoms with Gasteiger partial charge in [0.05, 0.1) is 24.7 Å². The normalized spacial score (nSPS) is 18.8. The smallest absolute Gasteiger partial charge is 0.173 e. The zero-order chi connectivity index (χ0) is 19.4. The fourth-order valence-electron chi connectivity index (χ4n) is 3.21. The lowest BCUT2D eigenvalue weighted by molar-refractivity contribution is 0.0689. The van der Waals surface area contributed by atoms with Crippen LogP contribution in [0.15, 0.2) is 42.5 Å². The van der Waals surface area contributed by atoms with Crippen LogP contribution >= 0.6 is 0 Å². The molecular weight excluding hydrogens is 340 g/mol. The summed E-state index contributed by atoms with van der Waals surface area (Å²) in [5.41, 5.74) is 1.57. The summed E-state index contributed by atoms with van der Waals surface area (Å²) in [6.45, 7) is 9.48. The van der Waals surface area contributed by atoms with E-state index >= 15 is 0 Å². The predicted molar refractivity (Wildman–Crippen MR) is 106 cm³/mol. The number of ether oxygens (including phenoxy) is 3. The number of carbonyl (C=O) groups is 1. The van der Waals surface area contributed by atoms with Gasteiger partial charge in [-0.3, -0.25) is 4.79 Å². The van der Waals surface area contributed by atoms with Crippen LogP contribution in [0.3, 0.4) is 0 Å². The van der Waals surface area contributed by atoms with Crippen LogP contribution in [0.5, 0.6) is 17.2 Å². The summed E-state index contributed by atoms with van der Waals surface area (Å²) in [6.07, 6.45) is 0.729. The van der Waals surface area contributed by atoms with Crippen LogP contribution in [-0.4, -0.2) is 19.0 Å². The Bertz CT molecular complexity index is 779. The minimum Gasteiger partial charge on any atom is -0.494 e. The van der Waals surface area contributed by atoms with Crippen molar-refractivity contribution in [3.05, 3.63) is 53.6 Å². The zero-order valence-electron chi connectivity index (χ0n) is 16.5. The molecule has 1 aliphatic rings. The van der Waals surface area contributed by atoms with Gasteiger partial charge in [-0.2, -0.15) is 0 Å². The summed E-state index contributed by atoms with van der Waals surface area (Å²) in [7, 11) is 0. The Balaban J connectivity index is 1.75. The number of carbonyl (C=O) groups excluding carboxylic acids is 1. The molecule has 0 N–H and O–H groups in total. The van der Waals surface area contributed by atoms with Crippen molar-refractivity contribution >= 4 is 5.78 Å². The van der Waals surface area contributed by atoms with Crippen molar-refractivity contribution < 1.29 is 19.0 Å². The Morgan fingerprint density at radius 3 is 2.41 bits per heavy atom. The molecule has 27 heavy (non-hydrogen) atoms. The van der Waals surface area contributed by atoms with Gasteiger partial charge in [-0.25, -0.2) is 0 Å². The molecule has 4 nitrogen and oxygen atoms in total. The number of hydrogen-bond acceptors (Lipinski definition) is 4. The molecule has 3 rings (SSSR count). The van der Waals surface area contributed by atoms with Crippen molar-refractivity contribution in [2.45, 2.75) is 40.2 Å². The van der Waals surface area contributed by atoms with Crippen LogP contribution in [-0.2, 0) is 0 Å². The first-order chi connectivity index (χ1) is 13.0. The fraction of sp³-hybridized carbons (Fsp3) is 0.435. The number of hydrogen-bond donors (Lipinski definition) is 0. The molecular formula is C23H28O4. The van der Waals surface area contributed by atoms with Gasteiger partial charge in [0.25, 0.3) is 0 Å². The highest BCUT2D eigenvalue weighted by Crippen LogP contribution is 2.40. The van der Waals surface area contributed by atoms with E-state index in [1.165, 1.54) is 0 Å². The van der Waals surface area contributed by atoms with Crippen molar-refractivity contribution in [3.63, 3.8) is 0 Å². The third-order valence-electron chi connectivity index (χ3n) is 4.82. The molecule has 2 aromatic carbocycles. The maximum absolute atomic E-state index is 12.9. The lowest BCUT2D eigenvalue weighted by Crippen LogP contribution is -2.29. The first-order valence-corrected chi connectivity index (χ1v) is 9.70. The average molecular weight is 368 g/mol. The van der Waals surface area contributed by atoms with E-state index in [2.05, 4.69) is 13.8 Å². The summed E-state index contributed by atoms with van der Waals surface area (Å²) in [5, 5.41) is 0. The molecule has 2 atom stereocenters. The van der Waals surface area contributed by atoms with E-state index < -0.39 is 0 Å². The van der Waals surface area contributed by atoms with Crippen molar-refractivity contribution in [2.75, 3.05) is 13.2 Å². The zero-order valence-corrected chi connectivity index (χ0v) is 16.5. The lowest BCUT2D eigenvalue weighted by atomic mass is 9.87. The minimum atomic E-state index is -0.298. The summed E-state index contributed by atoms with van der Waals surface area (Å²) in [4.78, 5) is 12.9. The average Bonchev–Trinajstić information content (AvgIpc) is 2.66. The molecule has 1 aliphatic heterocycles. The number of rotatable bonds is 7. The summed E-state index contributed by atoms with van der Waals surface area (Å²) < 4.78 is 17.5. The molecule has 144 valence electrons. The first-order valence-electron chi connectivity index (χ1n) is 9.70. The van der Waals surface area contributed by atoms with Gasteiger partial charge in [-0.15, -0.1) is 0 Å². The number of benzene rings is 2.